The molecule has 4 heteroatoms. The molecule has 6 aliphatic rings. The molecule has 0 N–H and O–H groups in total. The van der Waals surface area contributed by atoms with E-state index in [9.17, 15) is 0 Å². The standard InChI is InChI=1S/C18H20S4/c1-2-10-4-3-9(1)13-14(10)20-17(19-13)18-21-15-11-5-6-12(8-7-11)16(15)22-18/h9-12H,1-8H2/q+2. The summed E-state index contributed by atoms with van der Waals surface area (Å²) in [7, 11) is 0. The molecule has 114 valence electrons. The first kappa shape index (κ1) is 13.4. The van der Waals surface area contributed by atoms with E-state index in [0.29, 0.717) is 0 Å². The van der Waals surface area contributed by atoms with Crippen LogP contribution in [0.2, 0.25) is 0 Å². The van der Waals surface area contributed by atoms with Gasteiger partial charge in [-0.25, -0.2) is 0 Å². The van der Waals surface area contributed by atoms with Gasteiger partial charge in [0.2, 0.25) is 0 Å². The third-order valence-electron chi connectivity index (χ3n) is 6.40. The van der Waals surface area contributed by atoms with Crippen molar-refractivity contribution in [2.24, 2.45) is 0 Å². The first-order valence-electron chi connectivity index (χ1n) is 8.80. The van der Waals surface area contributed by atoms with E-state index >= 15 is 0 Å². The Labute approximate surface area is 147 Å². The molecule has 22 heavy (non-hydrogen) atoms. The summed E-state index contributed by atoms with van der Waals surface area (Å²) in [6.45, 7) is 0. The summed E-state index contributed by atoms with van der Waals surface area (Å²) in [6, 6.07) is 0. The van der Waals surface area contributed by atoms with Gasteiger partial charge in [0, 0.05) is 23.7 Å². The average Bonchev–Trinajstić information content (AvgIpc) is 3.23. The Morgan fingerprint density at radius 3 is 1.27 bits per heavy atom. The zero-order chi connectivity index (χ0) is 14.3. The van der Waals surface area contributed by atoms with Crippen LogP contribution in [0.1, 0.15) is 94.5 Å². The minimum absolute atomic E-state index is 0.922. The van der Waals surface area contributed by atoms with Crippen molar-refractivity contribution in [2.45, 2.75) is 75.0 Å². The van der Waals surface area contributed by atoms with Gasteiger partial charge >= 0.3 is 8.38 Å². The molecule has 2 heterocycles. The topological polar surface area (TPSA) is 0 Å². The lowest BCUT2D eigenvalue weighted by molar-refractivity contribution is 0.370. The minimum atomic E-state index is 0.922. The number of fused-ring (bicyclic) bond motifs is 4. The number of rotatable bonds is 1. The number of hydrogen-bond donors (Lipinski definition) is 0. The Morgan fingerprint density at radius 2 is 0.909 bits per heavy atom. The first-order valence-corrected chi connectivity index (χ1v) is 12.1. The lowest BCUT2D eigenvalue weighted by Gasteiger charge is -2.30. The normalized spacial score (nSPS) is 34.7. The number of hydrogen-bond acceptors (Lipinski definition) is 2. The molecule has 0 nitrogen and oxygen atoms in total. The molecule has 8 rings (SSSR count). The second kappa shape index (κ2) is 4.81. The van der Waals surface area contributed by atoms with Crippen molar-refractivity contribution in [3.63, 3.8) is 0 Å². The Morgan fingerprint density at radius 1 is 0.545 bits per heavy atom. The van der Waals surface area contributed by atoms with Gasteiger partial charge in [0.25, 0.3) is 0 Å². The van der Waals surface area contributed by atoms with Gasteiger partial charge in [0.05, 0.1) is 45.3 Å². The van der Waals surface area contributed by atoms with Crippen molar-refractivity contribution >= 4 is 45.3 Å². The smallest absolute Gasteiger partial charge is 0.0429 e. The molecule has 0 atom stereocenters. The summed E-state index contributed by atoms with van der Waals surface area (Å²) in [6.07, 6.45) is 11.8. The lowest BCUT2D eigenvalue weighted by Crippen LogP contribution is -2.18. The van der Waals surface area contributed by atoms with E-state index in [2.05, 4.69) is 45.3 Å². The van der Waals surface area contributed by atoms with Crippen LogP contribution < -0.4 is 0 Å². The van der Waals surface area contributed by atoms with Gasteiger partial charge in [-0.1, -0.05) is 0 Å². The molecule has 6 aliphatic carbocycles. The van der Waals surface area contributed by atoms with E-state index in [1.807, 2.05) is 0 Å². The third-order valence-corrected chi connectivity index (χ3v) is 12.8. The molecule has 0 aliphatic heterocycles. The Kier molecular flexibility index (Phi) is 2.93. The zero-order valence-corrected chi connectivity index (χ0v) is 15.9. The second-order valence-corrected chi connectivity index (χ2v) is 12.3. The molecule has 2 fully saturated rings. The van der Waals surface area contributed by atoms with Crippen LogP contribution >= 0.6 is 45.3 Å². The van der Waals surface area contributed by atoms with Gasteiger partial charge in [-0.15, -0.1) is 0 Å². The van der Waals surface area contributed by atoms with Gasteiger partial charge in [0.15, 0.2) is 0 Å². The van der Waals surface area contributed by atoms with Gasteiger partial charge in [0.1, 0.15) is 19.5 Å². The van der Waals surface area contributed by atoms with Crippen molar-refractivity contribution in [3.05, 3.63) is 19.5 Å². The highest BCUT2D eigenvalue weighted by atomic mass is 32.2. The van der Waals surface area contributed by atoms with Crippen molar-refractivity contribution in [1.29, 1.82) is 0 Å². The maximum atomic E-state index is 2.18. The van der Waals surface area contributed by atoms with Crippen LogP contribution in [0.4, 0.5) is 0 Å². The van der Waals surface area contributed by atoms with Crippen LogP contribution in [-0.4, -0.2) is 0 Å². The van der Waals surface area contributed by atoms with Crippen molar-refractivity contribution in [1.82, 2.24) is 0 Å². The van der Waals surface area contributed by atoms with E-state index in [0.717, 1.165) is 23.7 Å². The molecule has 0 amide bonds. The van der Waals surface area contributed by atoms with Crippen LogP contribution in [0.3, 0.4) is 0 Å². The van der Waals surface area contributed by atoms with E-state index in [1.54, 1.807) is 27.9 Å². The van der Waals surface area contributed by atoms with Gasteiger partial charge < -0.3 is 0 Å². The molecule has 0 radical (unpaired) electrons. The van der Waals surface area contributed by atoms with Crippen molar-refractivity contribution in [2.75, 3.05) is 0 Å². The Hall–Kier alpha value is 0.100. The summed E-state index contributed by atoms with van der Waals surface area (Å²) in [5.41, 5.74) is 0. The van der Waals surface area contributed by atoms with E-state index in [1.165, 1.54) is 51.4 Å². The fourth-order valence-electron chi connectivity index (χ4n) is 5.18. The SMILES string of the molecule is C1CC2CCC1c1sc(-c3sc4c([s+]3)C3CCC4CC3)[s+]c12. The summed E-state index contributed by atoms with van der Waals surface area (Å²) in [5, 5.41) is 0. The highest BCUT2D eigenvalue weighted by Gasteiger charge is 2.47. The lowest BCUT2D eigenvalue weighted by atomic mass is 9.74. The Bertz CT molecular complexity index is 616. The largest absolute Gasteiger partial charge is 0.351 e. The van der Waals surface area contributed by atoms with E-state index in [-0.39, 0.29) is 0 Å². The predicted molar refractivity (Wildman–Crippen MR) is 100 cm³/mol. The molecular weight excluding hydrogens is 344 g/mol. The molecule has 0 aromatic carbocycles. The molecule has 0 spiro atoms. The fraction of sp³-hybridized carbons (Fsp3) is 0.667. The van der Waals surface area contributed by atoms with Crippen LogP contribution in [0.15, 0.2) is 0 Å². The summed E-state index contributed by atoms with van der Waals surface area (Å²) < 4.78 is 3.32. The maximum absolute atomic E-state index is 2.18. The summed E-state index contributed by atoms with van der Waals surface area (Å²) >= 11 is 8.71. The third kappa shape index (κ3) is 1.78. The molecule has 4 bridgehead atoms. The molecular formula is C18H20S4+2. The van der Waals surface area contributed by atoms with E-state index < -0.39 is 0 Å². The van der Waals surface area contributed by atoms with Crippen molar-refractivity contribution in [3.8, 4) is 8.38 Å². The quantitative estimate of drug-likeness (QED) is 0.455. The van der Waals surface area contributed by atoms with E-state index in [4.69, 9.17) is 0 Å². The van der Waals surface area contributed by atoms with Crippen LogP contribution in [-0.2, 0) is 0 Å². The van der Waals surface area contributed by atoms with Gasteiger partial charge in [-0.3, -0.25) is 0 Å². The van der Waals surface area contributed by atoms with Crippen molar-refractivity contribution < 1.29 is 0 Å². The maximum Gasteiger partial charge on any atom is 0.351 e. The average molecular weight is 365 g/mol. The molecule has 2 aromatic heterocycles. The minimum Gasteiger partial charge on any atom is -0.0429 e. The van der Waals surface area contributed by atoms with Crippen LogP contribution in [0, 0.1) is 0 Å². The zero-order valence-electron chi connectivity index (χ0n) is 12.6. The monoisotopic (exact) mass is 364 g/mol. The van der Waals surface area contributed by atoms with Crippen LogP contribution in [0.25, 0.3) is 8.38 Å². The first-order chi connectivity index (χ1) is 10.9. The summed E-state index contributed by atoms with van der Waals surface area (Å²) in [5.74, 6) is 3.69. The summed E-state index contributed by atoms with van der Waals surface area (Å²) in [4.78, 5) is 7.18. The van der Waals surface area contributed by atoms with Gasteiger partial charge in [-0.05, 0) is 51.4 Å². The van der Waals surface area contributed by atoms with Crippen LogP contribution in [0.5, 0.6) is 0 Å². The molecule has 2 saturated carbocycles. The fourth-order valence-corrected chi connectivity index (χ4v) is 11.9. The molecule has 0 saturated heterocycles. The molecule has 2 aromatic rings. The Balaban J connectivity index is 1.46. The molecule has 0 unspecified atom stereocenters. The highest BCUT2D eigenvalue weighted by molar-refractivity contribution is 7.45. The predicted octanol–water partition coefficient (Wildman–Crippen LogP) is 7.67. The second-order valence-electron chi connectivity index (χ2n) is 7.54. The highest BCUT2D eigenvalue weighted by Crippen LogP contribution is 2.60. The van der Waals surface area contributed by atoms with Gasteiger partial charge in [-0.2, -0.15) is 0 Å².